The first-order chi connectivity index (χ1) is 9.15. The molecule has 0 unspecified atom stereocenters. The summed E-state index contributed by atoms with van der Waals surface area (Å²) in [5.74, 6) is 0.722. The molecular formula is C14H12BrN3O. The number of methoxy groups -OCH3 is 1. The molecule has 0 saturated heterocycles. The largest absolute Gasteiger partial charge is 0.495 e. The summed E-state index contributed by atoms with van der Waals surface area (Å²) in [7, 11) is 1.61. The van der Waals surface area contributed by atoms with Gasteiger partial charge in [-0.25, -0.2) is 0 Å². The van der Waals surface area contributed by atoms with Crippen LogP contribution in [0.3, 0.4) is 0 Å². The third-order valence-corrected chi connectivity index (χ3v) is 3.31. The molecule has 0 aliphatic heterocycles. The van der Waals surface area contributed by atoms with Crippen molar-refractivity contribution in [1.29, 1.82) is 5.26 Å². The molecule has 0 atom stereocenters. The molecule has 0 heterocycles. The summed E-state index contributed by atoms with van der Waals surface area (Å²) in [6.45, 7) is 0. The summed E-state index contributed by atoms with van der Waals surface area (Å²) in [6.07, 6.45) is 0. The fourth-order valence-corrected chi connectivity index (χ4v) is 2.07. The number of benzene rings is 2. The van der Waals surface area contributed by atoms with Gasteiger partial charge >= 0.3 is 0 Å². The molecule has 0 aromatic heterocycles. The van der Waals surface area contributed by atoms with Crippen molar-refractivity contribution in [2.24, 2.45) is 0 Å². The number of nitrogens with two attached hydrogens (primary N) is 1. The van der Waals surface area contributed by atoms with Crippen LogP contribution in [0, 0.1) is 11.3 Å². The molecule has 5 heteroatoms. The number of nitrogen functional groups attached to an aromatic ring is 1. The van der Waals surface area contributed by atoms with Gasteiger partial charge in [-0.1, -0.05) is 6.07 Å². The van der Waals surface area contributed by atoms with E-state index in [9.17, 15) is 0 Å². The summed E-state index contributed by atoms with van der Waals surface area (Å²) in [5.41, 5.74) is 8.34. The van der Waals surface area contributed by atoms with Gasteiger partial charge in [0.25, 0.3) is 0 Å². The van der Waals surface area contributed by atoms with Crippen LogP contribution >= 0.6 is 15.9 Å². The molecule has 0 amide bonds. The van der Waals surface area contributed by atoms with E-state index in [1.54, 1.807) is 19.2 Å². The predicted molar refractivity (Wildman–Crippen MR) is 79.5 cm³/mol. The molecule has 0 radical (unpaired) electrons. The second-order valence-corrected chi connectivity index (χ2v) is 4.71. The van der Waals surface area contributed by atoms with Crippen LogP contribution in [0.4, 0.5) is 17.1 Å². The molecule has 3 N–H and O–H groups in total. The maximum absolute atomic E-state index is 8.94. The third kappa shape index (κ3) is 2.80. The number of nitrogens with zero attached hydrogens (tertiary/aromatic N) is 1. The molecule has 4 nitrogen and oxygen atoms in total. The van der Waals surface area contributed by atoms with E-state index in [0.717, 1.165) is 15.9 Å². The predicted octanol–water partition coefficient (Wildman–Crippen LogP) is 3.66. The molecule has 96 valence electrons. The van der Waals surface area contributed by atoms with E-state index in [1.807, 2.05) is 24.3 Å². The minimum Gasteiger partial charge on any atom is -0.495 e. The number of hydrogen-bond donors (Lipinski definition) is 2. The molecule has 2 aromatic rings. The summed E-state index contributed by atoms with van der Waals surface area (Å²) in [5, 5.41) is 12.1. The average Bonchev–Trinajstić information content (AvgIpc) is 2.43. The number of halogens is 1. The molecule has 2 aromatic carbocycles. The Morgan fingerprint density at radius 3 is 2.79 bits per heavy atom. The van der Waals surface area contributed by atoms with E-state index < -0.39 is 0 Å². The Balaban J connectivity index is 2.34. The number of ether oxygens (including phenoxy) is 1. The molecule has 0 saturated carbocycles. The maximum Gasteiger partial charge on any atom is 0.135 e. The van der Waals surface area contributed by atoms with Gasteiger partial charge in [-0.15, -0.1) is 0 Å². The monoisotopic (exact) mass is 317 g/mol. The van der Waals surface area contributed by atoms with E-state index in [0.29, 0.717) is 16.9 Å². The average molecular weight is 318 g/mol. The molecule has 0 fully saturated rings. The van der Waals surface area contributed by atoms with Gasteiger partial charge in [0, 0.05) is 11.8 Å². The molecular weight excluding hydrogens is 306 g/mol. The maximum atomic E-state index is 8.94. The molecule has 2 rings (SSSR count). The lowest BCUT2D eigenvalue weighted by molar-refractivity contribution is 0.412. The van der Waals surface area contributed by atoms with Gasteiger partial charge in [0.2, 0.25) is 0 Å². The zero-order valence-corrected chi connectivity index (χ0v) is 11.9. The normalized spacial score (nSPS) is 9.74. The van der Waals surface area contributed by atoms with Crippen molar-refractivity contribution in [3.63, 3.8) is 0 Å². The number of rotatable bonds is 3. The third-order valence-electron chi connectivity index (χ3n) is 2.66. The van der Waals surface area contributed by atoms with E-state index in [2.05, 4.69) is 27.3 Å². The first-order valence-electron chi connectivity index (χ1n) is 5.55. The quantitative estimate of drug-likeness (QED) is 0.847. The topological polar surface area (TPSA) is 71.1 Å². The van der Waals surface area contributed by atoms with Crippen LogP contribution in [0.5, 0.6) is 5.75 Å². The van der Waals surface area contributed by atoms with Gasteiger partial charge in [-0.2, -0.15) is 5.26 Å². The first-order valence-corrected chi connectivity index (χ1v) is 6.34. The number of nitriles is 1. The lowest BCUT2D eigenvalue weighted by Crippen LogP contribution is -1.99. The zero-order valence-electron chi connectivity index (χ0n) is 10.3. The molecule has 0 spiro atoms. The second kappa shape index (κ2) is 5.63. The van der Waals surface area contributed by atoms with Gasteiger partial charge in [0.15, 0.2) is 0 Å². The number of hydrogen-bond acceptors (Lipinski definition) is 4. The van der Waals surface area contributed by atoms with Gasteiger partial charge in [0.05, 0.1) is 28.5 Å². The Kier molecular flexibility index (Phi) is 3.93. The Bertz CT molecular complexity index is 650. The fraction of sp³-hybridized carbons (Fsp3) is 0.0714. The van der Waals surface area contributed by atoms with Crippen molar-refractivity contribution in [2.45, 2.75) is 0 Å². The minimum absolute atomic E-state index is 0.437. The highest BCUT2D eigenvalue weighted by Gasteiger charge is 2.06. The Morgan fingerprint density at radius 2 is 2.11 bits per heavy atom. The smallest absolute Gasteiger partial charge is 0.135 e. The summed E-state index contributed by atoms with van der Waals surface area (Å²) in [4.78, 5) is 0. The van der Waals surface area contributed by atoms with Crippen molar-refractivity contribution in [1.82, 2.24) is 0 Å². The van der Waals surface area contributed by atoms with Gasteiger partial charge in [-0.05, 0) is 40.2 Å². The molecule has 19 heavy (non-hydrogen) atoms. The lowest BCUT2D eigenvalue weighted by Gasteiger charge is -2.12. The van der Waals surface area contributed by atoms with Crippen molar-refractivity contribution in [3.05, 3.63) is 46.4 Å². The fourth-order valence-electron chi connectivity index (χ4n) is 1.66. The van der Waals surface area contributed by atoms with Crippen LogP contribution in [0.1, 0.15) is 5.56 Å². The van der Waals surface area contributed by atoms with Crippen molar-refractivity contribution in [2.75, 3.05) is 18.2 Å². The zero-order chi connectivity index (χ0) is 13.8. The van der Waals surface area contributed by atoms with Crippen LogP contribution in [0.2, 0.25) is 0 Å². The number of para-hydroxylation sites is 1. The number of nitrogens with one attached hydrogen (secondary N) is 1. The van der Waals surface area contributed by atoms with Crippen LogP contribution in [0.15, 0.2) is 40.9 Å². The summed E-state index contributed by atoms with van der Waals surface area (Å²) < 4.78 is 6.10. The van der Waals surface area contributed by atoms with E-state index in [4.69, 9.17) is 15.7 Å². The van der Waals surface area contributed by atoms with Crippen LogP contribution < -0.4 is 15.8 Å². The van der Waals surface area contributed by atoms with Crippen molar-refractivity contribution in [3.8, 4) is 11.8 Å². The Labute approximate surface area is 119 Å². The molecule has 0 aliphatic carbocycles. The van der Waals surface area contributed by atoms with Gasteiger partial charge < -0.3 is 15.8 Å². The summed E-state index contributed by atoms with van der Waals surface area (Å²) >= 11 is 3.39. The first kappa shape index (κ1) is 13.2. The van der Waals surface area contributed by atoms with Gasteiger partial charge in [0.1, 0.15) is 11.8 Å². The van der Waals surface area contributed by atoms with Crippen molar-refractivity contribution >= 4 is 33.0 Å². The van der Waals surface area contributed by atoms with Gasteiger partial charge in [-0.3, -0.25) is 0 Å². The highest BCUT2D eigenvalue weighted by atomic mass is 79.9. The van der Waals surface area contributed by atoms with E-state index in [-0.39, 0.29) is 0 Å². The molecule has 0 aliphatic rings. The lowest BCUT2D eigenvalue weighted by atomic mass is 10.1. The minimum atomic E-state index is 0.437. The van der Waals surface area contributed by atoms with E-state index >= 15 is 0 Å². The molecule has 0 bridgehead atoms. The van der Waals surface area contributed by atoms with Crippen LogP contribution in [-0.2, 0) is 0 Å². The SMILES string of the molecule is COc1cc(Nc2cccc(C#N)c2N)ccc1Br. The highest BCUT2D eigenvalue weighted by molar-refractivity contribution is 9.10. The Morgan fingerprint density at radius 1 is 1.32 bits per heavy atom. The van der Waals surface area contributed by atoms with Crippen LogP contribution in [-0.4, -0.2) is 7.11 Å². The second-order valence-electron chi connectivity index (χ2n) is 3.85. The number of anilines is 3. The van der Waals surface area contributed by atoms with E-state index in [1.165, 1.54) is 0 Å². The standard InChI is InChI=1S/C14H12BrN3O/c1-19-13-7-10(5-6-11(13)15)18-12-4-2-3-9(8-16)14(12)17/h2-7,18H,17H2,1H3. The Hall–Kier alpha value is -2.19. The highest BCUT2D eigenvalue weighted by Crippen LogP contribution is 2.31. The van der Waals surface area contributed by atoms with Crippen molar-refractivity contribution < 1.29 is 4.74 Å². The summed E-state index contributed by atoms with van der Waals surface area (Å²) in [6, 6.07) is 13.0. The van der Waals surface area contributed by atoms with Crippen LogP contribution in [0.25, 0.3) is 0 Å².